The van der Waals surface area contributed by atoms with Crippen molar-refractivity contribution in [2.45, 2.75) is 71.4 Å². The molecule has 0 spiro atoms. The molecule has 4 aliphatic rings. The van der Waals surface area contributed by atoms with Gasteiger partial charge in [-0.15, -0.1) is 0 Å². The van der Waals surface area contributed by atoms with Crippen molar-refractivity contribution in [3.8, 4) is 0 Å². The second-order valence-electron chi connectivity index (χ2n) is 11.7. The number of halogens is 1. The monoisotopic (exact) mass is 495 g/mol. The third-order valence-corrected chi connectivity index (χ3v) is 10.4. The van der Waals surface area contributed by atoms with Gasteiger partial charge in [0.2, 0.25) is 17.7 Å². The van der Waals surface area contributed by atoms with Crippen LogP contribution in [0, 0.1) is 34.5 Å². The smallest absolute Gasteiger partial charge is 0.243 e. The van der Waals surface area contributed by atoms with E-state index in [1.807, 2.05) is 0 Å². The predicted molar refractivity (Wildman–Crippen MR) is 134 cm³/mol. The number of amides is 2. The van der Waals surface area contributed by atoms with E-state index in [2.05, 4.69) is 35.5 Å². The molecular weight excluding hydrogens is 462 g/mol. The van der Waals surface area contributed by atoms with Crippen LogP contribution in [0.15, 0.2) is 34.8 Å². The Hall–Kier alpha value is -2.34. The SMILES string of the molecule is C[C@]12C=CC(=O)N[C@@H]1CC[C@@H]1[C@@H]2CC[C@]2(C)[C@@H](CC(=O)NCc3nc4cc(Cl)ccc4o3)CC[C@@H]12. The van der Waals surface area contributed by atoms with Crippen LogP contribution in [0.25, 0.3) is 11.1 Å². The molecule has 2 aromatic rings. The van der Waals surface area contributed by atoms with Crippen LogP contribution in [0.5, 0.6) is 0 Å². The number of aromatic nitrogens is 1. The number of carbonyl (C=O) groups excluding carboxylic acids is 2. The number of hydrogen-bond donors (Lipinski definition) is 2. The molecule has 0 radical (unpaired) electrons. The molecule has 2 amide bonds. The molecule has 1 aromatic carbocycles. The first kappa shape index (κ1) is 23.1. The largest absolute Gasteiger partial charge is 0.439 e. The van der Waals surface area contributed by atoms with Crippen molar-refractivity contribution in [2.24, 2.45) is 34.5 Å². The maximum absolute atomic E-state index is 13.0. The van der Waals surface area contributed by atoms with Crippen LogP contribution in [0.4, 0.5) is 0 Å². The molecule has 3 fully saturated rings. The van der Waals surface area contributed by atoms with Crippen molar-refractivity contribution in [1.82, 2.24) is 15.6 Å². The Morgan fingerprint density at radius 1 is 1.20 bits per heavy atom. The highest BCUT2D eigenvalue weighted by Gasteiger charge is 2.59. The number of oxazole rings is 1. The Morgan fingerprint density at radius 2 is 2.06 bits per heavy atom. The first-order valence-electron chi connectivity index (χ1n) is 13.1. The third kappa shape index (κ3) is 3.80. The van der Waals surface area contributed by atoms with E-state index in [4.69, 9.17) is 16.0 Å². The van der Waals surface area contributed by atoms with Crippen molar-refractivity contribution >= 4 is 34.5 Å². The first-order chi connectivity index (χ1) is 16.8. The lowest BCUT2D eigenvalue weighted by Crippen LogP contribution is -2.59. The van der Waals surface area contributed by atoms with E-state index in [1.165, 1.54) is 19.3 Å². The molecule has 3 aliphatic carbocycles. The summed E-state index contributed by atoms with van der Waals surface area (Å²) in [5.74, 6) is 2.98. The first-order valence-corrected chi connectivity index (χ1v) is 13.5. The highest BCUT2D eigenvalue weighted by molar-refractivity contribution is 6.31. The fourth-order valence-electron chi connectivity index (χ4n) is 8.27. The van der Waals surface area contributed by atoms with Crippen molar-refractivity contribution in [3.05, 3.63) is 41.3 Å². The maximum Gasteiger partial charge on any atom is 0.243 e. The number of fused-ring (bicyclic) bond motifs is 6. The number of nitrogens with zero attached hydrogens (tertiary/aromatic N) is 1. The van der Waals surface area contributed by atoms with E-state index in [0.29, 0.717) is 58.7 Å². The van der Waals surface area contributed by atoms with Gasteiger partial charge in [-0.05, 0) is 91.9 Å². The Morgan fingerprint density at radius 3 is 2.91 bits per heavy atom. The molecule has 186 valence electrons. The van der Waals surface area contributed by atoms with Gasteiger partial charge in [-0.2, -0.15) is 0 Å². The minimum atomic E-state index is 0.0530. The van der Waals surface area contributed by atoms with Crippen LogP contribution in [-0.4, -0.2) is 22.8 Å². The van der Waals surface area contributed by atoms with E-state index < -0.39 is 0 Å². The molecular formula is C28H34ClN3O3. The second kappa shape index (κ2) is 8.36. The highest BCUT2D eigenvalue weighted by Crippen LogP contribution is 2.65. The fraction of sp³-hybridized carbons (Fsp3) is 0.607. The van der Waals surface area contributed by atoms with Crippen molar-refractivity contribution in [1.29, 1.82) is 0 Å². The second-order valence-corrected chi connectivity index (χ2v) is 12.2. The van der Waals surface area contributed by atoms with Crippen LogP contribution >= 0.6 is 11.6 Å². The molecule has 1 aliphatic heterocycles. The van der Waals surface area contributed by atoms with Crippen molar-refractivity contribution in [3.63, 3.8) is 0 Å². The summed E-state index contributed by atoms with van der Waals surface area (Å²) in [6.45, 7) is 5.09. The van der Waals surface area contributed by atoms with E-state index in [-0.39, 0.29) is 28.7 Å². The molecule has 3 saturated carbocycles. The summed E-state index contributed by atoms with van der Waals surface area (Å²) >= 11 is 6.04. The van der Waals surface area contributed by atoms with Gasteiger partial charge >= 0.3 is 0 Å². The number of hydrogen-bond acceptors (Lipinski definition) is 4. The maximum atomic E-state index is 13.0. The third-order valence-electron chi connectivity index (χ3n) is 10.1. The average Bonchev–Trinajstić information content (AvgIpc) is 3.38. The van der Waals surface area contributed by atoms with Crippen LogP contribution < -0.4 is 10.6 Å². The van der Waals surface area contributed by atoms with Crippen molar-refractivity contribution in [2.75, 3.05) is 0 Å². The zero-order valence-corrected chi connectivity index (χ0v) is 21.2. The zero-order valence-electron chi connectivity index (χ0n) is 20.5. The molecule has 7 atom stereocenters. The molecule has 0 unspecified atom stereocenters. The average molecular weight is 496 g/mol. The summed E-state index contributed by atoms with van der Waals surface area (Å²) in [6.07, 6.45) is 11.4. The molecule has 0 bridgehead atoms. The molecule has 35 heavy (non-hydrogen) atoms. The molecule has 2 N–H and O–H groups in total. The minimum Gasteiger partial charge on any atom is -0.439 e. The van der Waals surface area contributed by atoms with E-state index in [9.17, 15) is 9.59 Å². The number of carbonyl (C=O) groups is 2. The topological polar surface area (TPSA) is 84.2 Å². The van der Waals surface area contributed by atoms with Crippen LogP contribution in [-0.2, 0) is 16.1 Å². The minimum absolute atomic E-state index is 0.0530. The molecule has 6 rings (SSSR count). The van der Waals surface area contributed by atoms with Crippen molar-refractivity contribution < 1.29 is 14.0 Å². The molecule has 1 aromatic heterocycles. The number of benzene rings is 1. The van der Waals surface area contributed by atoms with Gasteiger partial charge in [0.05, 0.1) is 6.54 Å². The van der Waals surface area contributed by atoms with E-state index in [0.717, 1.165) is 19.3 Å². The van der Waals surface area contributed by atoms with E-state index >= 15 is 0 Å². The summed E-state index contributed by atoms with van der Waals surface area (Å²) in [6, 6.07) is 5.61. The lowest BCUT2D eigenvalue weighted by atomic mass is 9.48. The van der Waals surface area contributed by atoms with Gasteiger partial charge in [-0.25, -0.2) is 4.98 Å². The Kier molecular flexibility index (Phi) is 5.51. The quantitative estimate of drug-likeness (QED) is 0.594. The number of rotatable bonds is 4. The van der Waals surface area contributed by atoms with Gasteiger partial charge in [-0.3, -0.25) is 9.59 Å². The lowest BCUT2D eigenvalue weighted by Gasteiger charge is -2.59. The summed E-state index contributed by atoms with van der Waals surface area (Å²) in [7, 11) is 0. The molecule has 7 heteroatoms. The fourth-order valence-corrected chi connectivity index (χ4v) is 8.44. The van der Waals surface area contributed by atoms with Crippen LogP contribution in [0.2, 0.25) is 5.02 Å². The standard InChI is InChI=1S/C28H34ClN3O3/c1-27-11-9-20-18(5-8-23-28(20,2)12-10-24(33)32-23)19(27)6-3-16(27)13-25(34)30-15-26-31-21-14-17(29)4-7-22(21)35-26/h4,7,10,12,14,16,18-20,23H,3,5-6,8-9,11,13,15H2,1-2H3,(H,30,34)(H,32,33)/t16-,18+,19+,20+,23-,27-,28-/m1/s1. The van der Waals surface area contributed by atoms with Gasteiger partial charge in [0.1, 0.15) is 5.52 Å². The van der Waals surface area contributed by atoms with Crippen LogP contribution in [0.1, 0.15) is 64.7 Å². The highest BCUT2D eigenvalue weighted by atomic mass is 35.5. The number of nitrogens with one attached hydrogen (secondary N) is 2. The molecule has 0 saturated heterocycles. The summed E-state index contributed by atoms with van der Waals surface area (Å²) in [5.41, 5.74) is 1.65. The summed E-state index contributed by atoms with van der Waals surface area (Å²) in [5, 5.41) is 6.89. The zero-order chi connectivity index (χ0) is 24.4. The summed E-state index contributed by atoms with van der Waals surface area (Å²) < 4.78 is 5.75. The molecule has 6 nitrogen and oxygen atoms in total. The lowest BCUT2D eigenvalue weighted by molar-refractivity contribution is -0.125. The Labute approximate surface area is 211 Å². The summed E-state index contributed by atoms with van der Waals surface area (Å²) in [4.78, 5) is 29.4. The Balaban J connectivity index is 1.11. The molecule has 2 heterocycles. The Bertz CT molecular complexity index is 1210. The van der Waals surface area contributed by atoms with Crippen LogP contribution in [0.3, 0.4) is 0 Å². The van der Waals surface area contributed by atoms with Gasteiger partial charge in [0.15, 0.2) is 5.58 Å². The van der Waals surface area contributed by atoms with Gasteiger partial charge < -0.3 is 15.1 Å². The van der Waals surface area contributed by atoms with E-state index in [1.54, 1.807) is 24.3 Å². The van der Waals surface area contributed by atoms with Gasteiger partial charge in [0.25, 0.3) is 0 Å². The van der Waals surface area contributed by atoms with Gasteiger partial charge in [0, 0.05) is 22.9 Å². The predicted octanol–water partition coefficient (Wildman–Crippen LogP) is 5.40. The van der Waals surface area contributed by atoms with Gasteiger partial charge in [-0.1, -0.05) is 31.5 Å². The normalized spacial score (nSPS) is 37.9.